The minimum absolute atomic E-state index is 0.112. The van der Waals surface area contributed by atoms with Gasteiger partial charge in [-0.25, -0.2) is 13.6 Å². The van der Waals surface area contributed by atoms with Crippen molar-refractivity contribution in [3.8, 4) is 0 Å². The zero-order chi connectivity index (χ0) is 12.5. The second-order valence-electron chi connectivity index (χ2n) is 3.82. The lowest BCUT2D eigenvalue weighted by atomic mass is 9.97. The molecule has 2 rings (SSSR count). The highest BCUT2D eigenvalue weighted by molar-refractivity contribution is 5.94. The number of carbonyl (C=O) groups is 1. The number of allylic oxidation sites excluding steroid dienone is 1. The fraction of sp³-hybridized carbons (Fsp3) is 0.250. The molecule has 1 heterocycles. The van der Waals surface area contributed by atoms with Gasteiger partial charge < -0.3 is 10.4 Å². The van der Waals surface area contributed by atoms with E-state index in [2.05, 4.69) is 5.32 Å². The third kappa shape index (κ3) is 2.27. The number of para-hydroxylation sites is 1. The van der Waals surface area contributed by atoms with Crippen LogP contribution in [0.1, 0.15) is 12.0 Å². The first-order valence-corrected chi connectivity index (χ1v) is 5.17. The van der Waals surface area contributed by atoms with E-state index in [4.69, 9.17) is 5.11 Å². The standard InChI is InChI=1S/C12H11F2NO2/c13-12(14)5-6-15-10-4-2-1-3-8(10)9(12)7-11(16)17/h1-4,7,15H,5-6H2,(H,16,17). The molecule has 90 valence electrons. The van der Waals surface area contributed by atoms with E-state index >= 15 is 0 Å². The van der Waals surface area contributed by atoms with Crippen LogP contribution in [-0.2, 0) is 4.79 Å². The molecule has 0 aliphatic carbocycles. The lowest BCUT2D eigenvalue weighted by Gasteiger charge is -2.17. The van der Waals surface area contributed by atoms with Gasteiger partial charge in [0.25, 0.3) is 5.92 Å². The van der Waals surface area contributed by atoms with Gasteiger partial charge in [0.05, 0.1) is 0 Å². The summed E-state index contributed by atoms with van der Waals surface area (Å²) in [6.45, 7) is 0.112. The van der Waals surface area contributed by atoms with Crippen LogP contribution in [0.5, 0.6) is 0 Å². The molecule has 0 bridgehead atoms. The van der Waals surface area contributed by atoms with Crippen LogP contribution in [0.2, 0.25) is 0 Å². The molecule has 0 aromatic heterocycles. The first kappa shape index (κ1) is 11.6. The number of aliphatic carboxylic acids is 1. The van der Waals surface area contributed by atoms with Crippen molar-refractivity contribution in [2.45, 2.75) is 12.3 Å². The maximum absolute atomic E-state index is 13.8. The van der Waals surface area contributed by atoms with Gasteiger partial charge in [0.2, 0.25) is 0 Å². The van der Waals surface area contributed by atoms with Crippen LogP contribution in [-0.4, -0.2) is 23.5 Å². The summed E-state index contributed by atoms with van der Waals surface area (Å²) in [4.78, 5) is 10.6. The number of carboxylic acid groups (broad SMARTS) is 1. The number of halogens is 2. The summed E-state index contributed by atoms with van der Waals surface area (Å²) >= 11 is 0. The normalized spacial score (nSPS) is 20.2. The van der Waals surface area contributed by atoms with Crippen molar-refractivity contribution in [2.24, 2.45) is 0 Å². The number of nitrogens with one attached hydrogen (secondary N) is 1. The molecule has 0 unspecified atom stereocenters. The van der Waals surface area contributed by atoms with E-state index in [0.717, 1.165) is 0 Å². The van der Waals surface area contributed by atoms with E-state index in [0.29, 0.717) is 11.8 Å². The van der Waals surface area contributed by atoms with Crippen molar-refractivity contribution in [2.75, 3.05) is 11.9 Å². The van der Waals surface area contributed by atoms with Gasteiger partial charge in [-0.2, -0.15) is 0 Å². The molecular formula is C12H11F2NO2. The number of hydrogen-bond acceptors (Lipinski definition) is 2. The Bertz CT molecular complexity index is 483. The molecule has 0 atom stereocenters. The molecule has 17 heavy (non-hydrogen) atoms. The lowest BCUT2D eigenvalue weighted by Crippen LogP contribution is -2.20. The Morgan fingerprint density at radius 2 is 2.12 bits per heavy atom. The van der Waals surface area contributed by atoms with Crippen molar-refractivity contribution in [1.82, 2.24) is 0 Å². The predicted octanol–water partition coefficient (Wildman–Crippen LogP) is 2.61. The first-order valence-electron chi connectivity index (χ1n) is 5.17. The Morgan fingerprint density at radius 1 is 1.41 bits per heavy atom. The van der Waals surface area contributed by atoms with E-state index in [-0.39, 0.29) is 12.1 Å². The summed E-state index contributed by atoms with van der Waals surface area (Å²) in [6.07, 6.45) is 0.173. The SMILES string of the molecule is O=C(O)C=C1c2ccccc2NCCC1(F)F. The monoisotopic (exact) mass is 239 g/mol. The van der Waals surface area contributed by atoms with Crippen molar-refractivity contribution in [1.29, 1.82) is 0 Å². The zero-order valence-electron chi connectivity index (χ0n) is 8.91. The van der Waals surface area contributed by atoms with Gasteiger partial charge >= 0.3 is 5.97 Å². The van der Waals surface area contributed by atoms with E-state index in [1.807, 2.05) is 0 Å². The second kappa shape index (κ2) is 4.16. The summed E-state index contributed by atoms with van der Waals surface area (Å²) < 4.78 is 27.6. The van der Waals surface area contributed by atoms with Crippen molar-refractivity contribution in [3.05, 3.63) is 35.9 Å². The average Bonchev–Trinajstić information content (AvgIpc) is 2.37. The Labute approximate surface area is 96.8 Å². The highest BCUT2D eigenvalue weighted by Crippen LogP contribution is 2.40. The number of fused-ring (bicyclic) bond motifs is 1. The van der Waals surface area contributed by atoms with Crippen molar-refractivity contribution >= 4 is 17.2 Å². The third-order valence-electron chi connectivity index (χ3n) is 2.63. The molecule has 0 spiro atoms. The molecule has 1 aromatic rings. The second-order valence-corrected chi connectivity index (χ2v) is 3.82. The molecule has 3 nitrogen and oxygen atoms in total. The van der Waals surface area contributed by atoms with Crippen molar-refractivity contribution in [3.63, 3.8) is 0 Å². The quantitative estimate of drug-likeness (QED) is 0.740. The average molecular weight is 239 g/mol. The number of hydrogen-bond donors (Lipinski definition) is 2. The number of benzene rings is 1. The molecule has 1 aromatic carbocycles. The largest absolute Gasteiger partial charge is 0.478 e. The smallest absolute Gasteiger partial charge is 0.328 e. The van der Waals surface area contributed by atoms with E-state index in [1.165, 1.54) is 6.07 Å². The van der Waals surface area contributed by atoms with Crippen LogP contribution in [0, 0.1) is 0 Å². The molecule has 0 saturated heterocycles. The van der Waals surface area contributed by atoms with Gasteiger partial charge in [-0.3, -0.25) is 0 Å². The molecule has 1 aliphatic heterocycles. The summed E-state index contributed by atoms with van der Waals surface area (Å²) in [7, 11) is 0. The minimum Gasteiger partial charge on any atom is -0.478 e. The Morgan fingerprint density at radius 3 is 2.82 bits per heavy atom. The first-order chi connectivity index (χ1) is 8.00. The summed E-state index contributed by atoms with van der Waals surface area (Å²) in [5.41, 5.74) is 0.347. The Balaban J connectivity index is 2.60. The van der Waals surface area contributed by atoms with Crippen LogP contribution in [0.25, 0.3) is 5.57 Å². The van der Waals surface area contributed by atoms with E-state index in [9.17, 15) is 13.6 Å². The molecule has 2 N–H and O–H groups in total. The number of alkyl halides is 2. The molecule has 0 amide bonds. The molecule has 0 radical (unpaired) electrons. The van der Waals surface area contributed by atoms with Gasteiger partial charge in [0.15, 0.2) is 0 Å². The Kier molecular flexibility index (Phi) is 2.83. The topological polar surface area (TPSA) is 49.3 Å². The number of carboxylic acids is 1. The van der Waals surface area contributed by atoms with Crippen LogP contribution in [0.3, 0.4) is 0 Å². The van der Waals surface area contributed by atoms with Gasteiger partial charge in [-0.15, -0.1) is 0 Å². The summed E-state index contributed by atoms with van der Waals surface area (Å²) in [5, 5.41) is 11.6. The van der Waals surface area contributed by atoms with Crippen LogP contribution < -0.4 is 5.32 Å². The maximum Gasteiger partial charge on any atom is 0.328 e. The fourth-order valence-corrected chi connectivity index (χ4v) is 1.86. The van der Waals surface area contributed by atoms with E-state index in [1.54, 1.807) is 18.2 Å². The summed E-state index contributed by atoms with van der Waals surface area (Å²) in [5.74, 6) is -4.49. The molecular weight excluding hydrogens is 228 g/mol. The number of rotatable bonds is 1. The highest BCUT2D eigenvalue weighted by Gasteiger charge is 2.38. The number of anilines is 1. The summed E-state index contributed by atoms with van der Waals surface area (Å²) in [6, 6.07) is 6.48. The van der Waals surface area contributed by atoms with Crippen LogP contribution >= 0.6 is 0 Å². The molecule has 0 saturated carbocycles. The van der Waals surface area contributed by atoms with Gasteiger partial charge in [0, 0.05) is 35.9 Å². The molecule has 0 fully saturated rings. The lowest BCUT2D eigenvalue weighted by molar-refractivity contribution is -0.131. The van der Waals surface area contributed by atoms with Gasteiger partial charge in [0.1, 0.15) is 0 Å². The van der Waals surface area contributed by atoms with Crippen molar-refractivity contribution < 1.29 is 18.7 Å². The van der Waals surface area contributed by atoms with Crippen LogP contribution in [0.15, 0.2) is 30.3 Å². The fourth-order valence-electron chi connectivity index (χ4n) is 1.86. The van der Waals surface area contributed by atoms with Gasteiger partial charge in [-0.1, -0.05) is 18.2 Å². The van der Waals surface area contributed by atoms with Crippen LogP contribution in [0.4, 0.5) is 14.5 Å². The Hall–Kier alpha value is -1.91. The maximum atomic E-state index is 13.8. The highest BCUT2D eigenvalue weighted by atomic mass is 19.3. The third-order valence-corrected chi connectivity index (χ3v) is 2.63. The van der Waals surface area contributed by atoms with Gasteiger partial charge in [-0.05, 0) is 6.07 Å². The zero-order valence-corrected chi connectivity index (χ0v) is 8.91. The van der Waals surface area contributed by atoms with E-state index < -0.39 is 23.9 Å². The molecule has 1 aliphatic rings. The predicted molar refractivity (Wildman–Crippen MR) is 60.1 cm³/mol. The minimum atomic E-state index is -3.13. The molecule has 5 heteroatoms.